The number of carbonyl (C=O) groups excluding carboxylic acids is 3. The number of nitriles is 1. The highest BCUT2D eigenvalue weighted by Crippen LogP contribution is 2.75. The number of carbonyl (C=O) groups is 3. The zero-order valence-electron chi connectivity index (χ0n) is 22.8. The van der Waals surface area contributed by atoms with Crippen LogP contribution in [0.15, 0.2) is 11.6 Å². The second-order valence-corrected chi connectivity index (χ2v) is 15.0. The number of nitrogens with zero attached hydrogens (tertiary/aromatic N) is 1. The second kappa shape index (κ2) is 7.17. The minimum absolute atomic E-state index is 0.0461. The minimum atomic E-state index is -0.608. The molecule has 0 aliphatic heterocycles. The van der Waals surface area contributed by atoms with Crippen LogP contribution in [0.1, 0.15) is 99.8 Å². The van der Waals surface area contributed by atoms with Crippen LogP contribution in [0, 0.1) is 67.5 Å². The Hall–Kier alpha value is -1.76. The van der Waals surface area contributed by atoms with Crippen LogP contribution in [0.2, 0.25) is 0 Å². The van der Waals surface area contributed by atoms with E-state index in [9.17, 15) is 19.6 Å². The number of ketones is 2. The SMILES string of the molecule is CC1(C)CC[C@]2(C=O)CC[C@]3(C)[C@H](C(=O)C[C@@H]4[C@@]5(C)C=C(C#N)C(=O)C(C)(C)[C@@H]5CC[C@]43C)[C@H]2C1. The first-order valence-corrected chi connectivity index (χ1v) is 13.8. The van der Waals surface area contributed by atoms with E-state index in [2.05, 4.69) is 40.7 Å². The summed E-state index contributed by atoms with van der Waals surface area (Å²) < 4.78 is 0. The van der Waals surface area contributed by atoms with Gasteiger partial charge in [0.25, 0.3) is 0 Å². The van der Waals surface area contributed by atoms with E-state index in [4.69, 9.17) is 0 Å². The normalized spacial score (nSPS) is 49.9. The Morgan fingerprint density at radius 2 is 1.57 bits per heavy atom. The van der Waals surface area contributed by atoms with Gasteiger partial charge in [0.2, 0.25) is 0 Å². The van der Waals surface area contributed by atoms with Gasteiger partial charge in [0.05, 0.1) is 5.57 Å². The van der Waals surface area contributed by atoms with Crippen molar-refractivity contribution in [1.29, 1.82) is 5.26 Å². The zero-order valence-corrected chi connectivity index (χ0v) is 22.8. The fraction of sp³-hybridized carbons (Fsp3) is 0.806. The molecule has 0 amide bonds. The summed E-state index contributed by atoms with van der Waals surface area (Å²) in [5.74, 6) is 0.533. The van der Waals surface area contributed by atoms with Crippen molar-refractivity contribution in [3.8, 4) is 6.07 Å². The minimum Gasteiger partial charge on any atom is -0.303 e. The molecule has 0 aromatic heterocycles. The average molecular weight is 478 g/mol. The van der Waals surface area contributed by atoms with Crippen LogP contribution >= 0.6 is 0 Å². The number of fused-ring (bicyclic) bond motifs is 7. The second-order valence-electron chi connectivity index (χ2n) is 15.0. The summed E-state index contributed by atoms with van der Waals surface area (Å²) in [5.41, 5.74) is -1.18. The first-order chi connectivity index (χ1) is 16.1. The number of rotatable bonds is 1. The summed E-state index contributed by atoms with van der Waals surface area (Å²) in [7, 11) is 0. The Balaban J connectivity index is 1.64. The lowest BCUT2D eigenvalue weighted by atomic mass is 9.31. The van der Waals surface area contributed by atoms with Crippen molar-refractivity contribution in [2.75, 3.05) is 0 Å². The van der Waals surface area contributed by atoms with Gasteiger partial charge >= 0.3 is 0 Å². The van der Waals surface area contributed by atoms with E-state index in [1.54, 1.807) is 0 Å². The van der Waals surface area contributed by atoms with Crippen LogP contribution in [-0.2, 0) is 14.4 Å². The molecule has 0 radical (unpaired) electrons. The number of Topliss-reactive ketones (excluding diaryl/α,β-unsaturated/α-hetero) is 2. The van der Waals surface area contributed by atoms with E-state index in [0.717, 1.165) is 44.9 Å². The van der Waals surface area contributed by atoms with Crippen molar-refractivity contribution in [3.63, 3.8) is 0 Å². The third kappa shape index (κ3) is 2.93. The van der Waals surface area contributed by atoms with Gasteiger partial charge in [-0.15, -0.1) is 0 Å². The van der Waals surface area contributed by atoms with E-state index in [-0.39, 0.29) is 62.1 Å². The largest absolute Gasteiger partial charge is 0.303 e. The van der Waals surface area contributed by atoms with Crippen LogP contribution in [0.25, 0.3) is 0 Å². The third-order valence-corrected chi connectivity index (χ3v) is 12.8. The molecule has 0 heterocycles. The van der Waals surface area contributed by atoms with Crippen molar-refractivity contribution in [3.05, 3.63) is 11.6 Å². The topological polar surface area (TPSA) is 75.0 Å². The van der Waals surface area contributed by atoms with E-state index in [1.165, 1.54) is 6.29 Å². The van der Waals surface area contributed by atoms with Crippen LogP contribution in [0.4, 0.5) is 0 Å². The summed E-state index contributed by atoms with van der Waals surface area (Å²) in [6, 6.07) is 2.20. The van der Waals surface area contributed by atoms with Gasteiger partial charge in [-0.3, -0.25) is 9.59 Å². The van der Waals surface area contributed by atoms with E-state index < -0.39 is 5.41 Å². The zero-order chi connectivity index (χ0) is 25.8. The van der Waals surface area contributed by atoms with Crippen LogP contribution in [-0.4, -0.2) is 17.9 Å². The first-order valence-electron chi connectivity index (χ1n) is 13.8. The standard InChI is InChI=1S/C31H43NO3/c1-26(2)10-12-31(18-33)13-11-30(7)24(20(31)16-26)21(34)14-23-28(5)15-19(17-32)25(35)27(3,4)22(28)8-9-29(23,30)6/h15,18,20,22-24H,8-14,16H2,1-7H3/t20-,22+,23-,24+,28+,29-,30-,31-/m1/s1. The van der Waals surface area contributed by atoms with Crippen LogP contribution in [0.3, 0.4) is 0 Å². The van der Waals surface area contributed by atoms with Gasteiger partial charge < -0.3 is 4.79 Å². The van der Waals surface area contributed by atoms with Gasteiger partial charge in [-0.05, 0) is 84.4 Å². The maximum absolute atomic E-state index is 14.3. The Bertz CT molecular complexity index is 1080. The lowest BCUT2D eigenvalue weighted by molar-refractivity contribution is -0.219. The Morgan fingerprint density at radius 3 is 2.20 bits per heavy atom. The molecule has 0 N–H and O–H groups in total. The van der Waals surface area contributed by atoms with Crippen molar-refractivity contribution in [2.24, 2.45) is 56.2 Å². The molecule has 8 atom stereocenters. The molecule has 0 bridgehead atoms. The number of aldehydes is 1. The summed E-state index contributed by atoms with van der Waals surface area (Å²) in [6.45, 7) is 15.6. The first kappa shape index (κ1) is 24.9. The lowest BCUT2D eigenvalue weighted by Crippen LogP contribution is -2.68. The molecule has 5 aliphatic carbocycles. The Kier molecular flexibility index (Phi) is 5.10. The summed E-state index contributed by atoms with van der Waals surface area (Å²) in [4.78, 5) is 40.1. The molecule has 5 aliphatic rings. The molecule has 0 spiro atoms. The van der Waals surface area contributed by atoms with Crippen molar-refractivity contribution in [1.82, 2.24) is 0 Å². The lowest BCUT2D eigenvalue weighted by Gasteiger charge is -2.71. The smallest absolute Gasteiger partial charge is 0.178 e. The maximum atomic E-state index is 14.3. The predicted molar refractivity (Wildman–Crippen MR) is 135 cm³/mol. The van der Waals surface area contributed by atoms with E-state index in [1.807, 2.05) is 19.9 Å². The number of allylic oxidation sites excluding steroid dienone is 2. The number of hydrogen-bond donors (Lipinski definition) is 0. The molecule has 5 rings (SSSR count). The summed E-state index contributed by atoms with van der Waals surface area (Å²) in [6.07, 6.45) is 10.3. The third-order valence-electron chi connectivity index (χ3n) is 12.8. The van der Waals surface area contributed by atoms with Crippen LogP contribution in [0.5, 0.6) is 0 Å². The molecule has 4 heteroatoms. The molecule has 190 valence electrons. The summed E-state index contributed by atoms with van der Waals surface area (Å²) >= 11 is 0. The molecular weight excluding hydrogens is 434 g/mol. The quantitative estimate of drug-likeness (QED) is 0.405. The summed E-state index contributed by atoms with van der Waals surface area (Å²) in [5, 5.41) is 9.84. The molecule has 0 aromatic rings. The number of hydrogen-bond acceptors (Lipinski definition) is 4. The van der Waals surface area contributed by atoms with Gasteiger partial charge in [-0.1, -0.05) is 54.5 Å². The monoisotopic (exact) mass is 477 g/mol. The highest BCUT2D eigenvalue weighted by Gasteiger charge is 2.72. The molecule has 0 aromatic carbocycles. The fourth-order valence-electron chi connectivity index (χ4n) is 10.6. The Morgan fingerprint density at radius 1 is 0.914 bits per heavy atom. The van der Waals surface area contributed by atoms with Crippen molar-refractivity contribution in [2.45, 2.75) is 99.8 Å². The van der Waals surface area contributed by atoms with Gasteiger partial charge in [-0.2, -0.15) is 5.26 Å². The van der Waals surface area contributed by atoms with Gasteiger partial charge in [-0.25, -0.2) is 0 Å². The average Bonchev–Trinajstić information content (AvgIpc) is 2.77. The Labute approximate surface area is 211 Å². The molecule has 4 fully saturated rings. The maximum Gasteiger partial charge on any atom is 0.178 e. The molecule has 0 saturated heterocycles. The van der Waals surface area contributed by atoms with Crippen molar-refractivity contribution >= 4 is 17.9 Å². The molecule has 4 nitrogen and oxygen atoms in total. The molecule has 35 heavy (non-hydrogen) atoms. The van der Waals surface area contributed by atoms with E-state index in [0.29, 0.717) is 12.2 Å². The predicted octanol–water partition coefficient (Wildman–Crippen LogP) is 6.48. The van der Waals surface area contributed by atoms with Crippen LogP contribution < -0.4 is 0 Å². The van der Waals surface area contributed by atoms with Gasteiger partial charge in [0, 0.05) is 23.2 Å². The van der Waals surface area contributed by atoms with Gasteiger partial charge in [0.15, 0.2) is 5.78 Å². The molecule has 4 saturated carbocycles. The fourth-order valence-corrected chi connectivity index (χ4v) is 10.6. The molecular formula is C31H43NO3. The van der Waals surface area contributed by atoms with E-state index >= 15 is 0 Å². The van der Waals surface area contributed by atoms with Gasteiger partial charge in [0.1, 0.15) is 18.1 Å². The molecule has 0 unspecified atom stereocenters. The van der Waals surface area contributed by atoms with Crippen molar-refractivity contribution < 1.29 is 14.4 Å². The highest BCUT2D eigenvalue weighted by molar-refractivity contribution is 6.04. The highest BCUT2D eigenvalue weighted by atomic mass is 16.1.